The average Bonchev–Trinajstić information content (AvgIpc) is 3.71. The number of hydrogen-bond donors (Lipinski definition) is 0. The first kappa shape index (κ1) is 24.8. The van der Waals surface area contributed by atoms with Crippen molar-refractivity contribution in [1.82, 2.24) is 4.57 Å². The van der Waals surface area contributed by atoms with Gasteiger partial charge in [0.25, 0.3) is 0 Å². The van der Waals surface area contributed by atoms with Gasteiger partial charge in [-0.25, -0.2) is 0 Å². The highest BCUT2D eigenvalue weighted by molar-refractivity contribution is 5.93. The molecule has 3 unspecified atom stereocenters. The summed E-state index contributed by atoms with van der Waals surface area (Å²) in [5.74, 6) is 1.32. The number of rotatable bonds is 2. The fraction of sp³-hybridized carbons (Fsp3) is 0.128. The predicted octanol–water partition coefficient (Wildman–Crippen LogP) is 7.11. The molecule has 0 radical (unpaired) electrons. The zero-order valence-electron chi connectivity index (χ0n) is 23.9. The van der Waals surface area contributed by atoms with Gasteiger partial charge in [-0.15, -0.1) is 0 Å². The highest BCUT2D eigenvalue weighted by Gasteiger charge is 2.34. The van der Waals surface area contributed by atoms with Crippen LogP contribution in [0, 0.1) is 28.6 Å². The van der Waals surface area contributed by atoms with Gasteiger partial charge >= 0.3 is 0 Å². The number of fused-ring (bicyclic) bond motifs is 9. The summed E-state index contributed by atoms with van der Waals surface area (Å²) in [6.07, 6.45) is 9.64. The molecule has 0 amide bonds. The zero-order chi connectivity index (χ0) is 29.5. The van der Waals surface area contributed by atoms with Gasteiger partial charge in [-0.3, -0.25) is 0 Å². The highest BCUT2D eigenvalue weighted by Crippen LogP contribution is 2.44. The minimum absolute atomic E-state index is 0.0133. The summed E-state index contributed by atoms with van der Waals surface area (Å²) in [7, 11) is 0. The number of allylic oxidation sites excluding steroid dienone is 1. The molecule has 0 saturated heterocycles. The Kier molecular flexibility index (Phi) is 5.13. The molecule has 9 rings (SSSR count). The predicted molar refractivity (Wildman–Crippen MR) is 172 cm³/mol. The summed E-state index contributed by atoms with van der Waals surface area (Å²) in [6, 6.07) is 31.1. The maximum Gasteiger partial charge on any atom is 0.135 e. The van der Waals surface area contributed by atoms with Gasteiger partial charge in [0.15, 0.2) is 0 Å². The first-order chi connectivity index (χ1) is 21.6. The molecular formula is C39H25N3O2. The van der Waals surface area contributed by atoms with Crippen LogP contribution in [-0.4, -0.2) is 10.7 Å². The van der Waals surface area contributed by atoms with Gasteiger partial charge in [-0.1, -0.05) is 37.3 Å². The number of ether oxygens (including phenoxy) is 1. The largest absolute Gasteiger partial charge is 0.485 e. The standard InChI is InChI=1S/C39H25N3O2/c1-22-6-10-35-28(14-22)26-4-2-3-5-33(26)42(35)34-11-7-23(20-40)15-27(34)25-9-13-37-30(17-25)32-19-38-31(18-39(32)44-37)29-16-24(21-41)8-12-36(29)43-38/h2-13,15-19,22,32,39H,14H2,1H3. The van der Waals surface area contributed by atoms with Gasteiger partial charge in [0.1, 0.15) is 22.9 Å². The Morgan fingerprint density at radius 3 is 2.59 bits per heavy atom. The number of para-hydroxylation sites is 1. The molecule has 208 valence electrons. The zero-order valence-corrected chi connectivity index (χ0v) is 23.9. The van der Waals surface area contributed by atoms with Crippen LogP contribution < -0.4 is 15.4 Å². The third kappa shape index (κ3) is 3.50. The summed E-state index contributed by atoms with van der Waals surface area (Å²) < 4.78 is 15.0. The van der Waals surface area contributed by atoms with Crippen molar-refractivity contribution in [3.63, 3.8) is 0 Å². The van der Waals surface area contributed by atoms with Crippen molar-refractivity contribution in [1.29, 1.82) is 10.5 Å². The number of aromatic nitrogens is 1. The van der Waals surface area contributed by atoms with E-state index in [1.165, 1.54) is 22.2 Å². The van der Waals surface area contributed by atoms with E-state index in [0.717, 1.165) is 56.2 Å². The molecule has 0 bridgehead atoms. The molecular weight excluding hydrogens is 542 g/mol. The average molecular weight is 568 g/mol. The van der Waals surface area contributed by atoms with Crippen LogP contribution in [-0.2, 0) is 6.42 Å². The van der Waals surface area contributed by atoms with Crippen molar-refractivity contribution in [2.24, 2.45) is 5.92 Å². The molecule has 2 aliphatic carbocycles. The number of nitriles is 2. The van der Waals surface area contributed by atoms with E-state index in [4.69, 9.17) is 9.15 Å². The van der Waals surface area contributed by atoms with Gasteiger partial charge in [0.2, 0.25) is 0 Å². The summed E-state index contributed by atoms with van der Waals surface area (Å²) in [4.78, 5) is 0. The Morgan fingerprint density at radius 2 is 1.70 bits per heavy atom. The lowest BCUT2D eigenvalue weighted by molar-refractivity contribution is 0.287. The van der Waals surface area contributed by atoms with Gasteiger partial charge < -0.3 is 13.7 Å². The lowest BCUT2D eigenvalue weighted by Gasteiger charge is -2.19. The molecule has 0 N–H and O–H groups in total. The van der Waals surface area contributed by atoms with E-state index < -0.39 is 0 Å². The van der Waals surface area contributed by atoms with Crippen molar-refractivity contribution in [2.75, 3.05) is 0 Å². The number of furan rings is 1. The van der Waals surface area contributed by atoms with Crippen LogP contribution in [0.1, 0.15) is 40.8 Å². The van der Waals surface area contributed by atoms with Gasteiger partial charge in [-0.05, 0) is 96.3 Å². The summed E-state index contributed by atoms with van der Waals surface area (Å²) >= 11 is 0. The Hall–Kier alpha value is -5.78. The normalized spacial score (nSPS) is 19.1. The lowest BCUT2D eigenvalue weighted by atomic mass is 9.89. The molecule has 1 aliphatic heterocycles. The number of hydrogen-bond acceptors (Lipinski definition) is 4. The molecule has 6 aromatic rings. The quantitative estimate of drug-likeness (QED) is 0.223. The first-order valence-corrected chi connectivity index (χ1v) is 14.9. The van der Waals surface area contributed by atoms with Crippen molar-refractivity contribution < 1.29 is 9.15 Å². The van der Waals surface area contributed by atoms with Crippen LogP contribution in [0.25, 0.3) is 56.9 Å². The van der Waals surface area contributed by atoms with Crippen molar-refractivity contribution in [3.05, 3.63) is 124 Å². The molecule has 3 heterocycles. The topological polar surface area (TPSA) is 74.9 Å². The van der Waals surface area contributed by atoms with E-state index in [1.54, 1.807) is 6.07 Å². The van der Waals surface area contributed by atoms with Crippen LogP contribution in [0.15, 0.2) is 89.4 Å². The maximum absolute atomic E-state index is 9.89. The Labute approximate surface area is 253 Å². The summed E-state index contributed by atoms with van der Waals surface area (Å²) in [6.45, 7) is 2.26. The van der Waals surface area contributed by atoms with Gasteiger partial charge in [0, 0.05) is 32.8 Å². The van der Waals surface area contributed by atoms with E-state index in [-0.39, 0.29) is 12.0 Å². The van der Waals surface area contributed by atoms with Crippen LogP contribution in [0.2, 0.25) is 0 Å². The SMILES string of the molecule is CC1C=Cc2c(c3ccccc3n2-c2ccc(C#N)cc2-c2ccc3c(c2)C2C=c4oc5ccc(C#N)cc5c4=CC2O3)C1. The third-order valence-electron chi connectivity index (χ3n) is 9.34. The van der Waals surface area contributed by atoms with E-state index >= 15 is 0 Å². The highest BCUT2D eigenvalue weighted by atomic mass is 16.5. The second-order valence-electron chi connectivity index (χ2n) is 12.0. The molecule has 3 atom stereocenters. The van der Waals surface area contributed by atoms with E-state index in [0.29, 0.717) is 17.0 Å². The van der Waals surface area contributed by atoms with Crippen molar-refractivity contribution in [2.45, 2.75) is 25.4 Å². The Balaban J connectivity index is 1.22. The first-order valence-electron chi connectivity index (χ1n) is 14.9. The fourth-order valence-corrected chi connectivity index (χ4v) is 7.28. The van der Waals surface area contributed by atoms with Crippen molar-refractivity contribution >= 4 is 40.1 Å². The second-order valence-corrected chi connectivity index (χ2v) is 12.0. The lowest BCUT2D eigenvalue weighted by Crippen LogP contribution is -2.32. The summed E-state index contributed by atoms with van der Waals surface area (Å²) in [5.41, 5.74) is 10.7. The minimum Gasteiger partial charge on any atom is -0.485 e. The fourth-order valence-electron chi connectivity index (χ4n) is 7.28. The van der Waals surface area contributed by atoms with E-state index in [1.807, 2.05) is 30.3 Å². The molecule has 5 nitrogen and oxygen atoms in total. The smallest absolute Gasteiger partial charge is 0.135 e. The molecule has 3 aliphatic rings. The molecule has 5 heteroatoms. The van der Waals surface area contributed by atoms with Crippen molar-refractivity contribution in [3.8, 4) is 34.7 Å². The monoisotopic (exact) mass is 567 g/mol. The van der Waals surface area contributed by atoms with Crippen LogP contribution in [0.3, 0.4) is 0 Å². The molecule has 4 aromatic carbocycles. The van der Waals surface area contributed by atoms with Gasteiger partial charge in [0.05, 0.1) is 40.4 Å². The molecule has 2 aromatic heterocycles. The second kappa shape index (κ2) is 9.11. The Morgan fingerprint density at radius 1 is 0.864 bits per heavy atom. The van der Waals surface area contributed by atoms with Crippen LogP contribution >= 0.6 is 0 Å². The number of nitrogens with zero attached hydrogens (tertiary/aromatic N) is 3. The van der Waals surface area contributed by atoms with Crippen LogP contribution in [0.5, 0.6) is 5.75 Å². The van der Waals surface area contributed by atoms with Gasteiger partial charge in [-0.2, -0.15) is 10.5 Å². The molecule has 44 heavy (non-hydrogen) atoms. The third-order valence-corrected chi connectivity index (χ3v) is 9.34. The number of benzene rings is 4. The molecule has 0 fully saturated rings. The molecule has 0 spiro atoms. The van der Waals surface area contributed by atoms with E-state index in [2.05, 4.69) is 90.4 Å². The van der Waals surface area contributed by atoms with Crippen LogP contribution in [0.4, 0.5) is 0 Å². The maximum atomic E-state index is 9.89. The Bertz CT molecular complexity index is 2460. The minimum atomic E-state index is -0.170. The molecule has 0 saturated carbocycles. The van der Waals surface area contributed by atoms with E-state index in [9.17, 15) is 10.5 Å². The summed E-state index contributed by atoms with van der Waals surface area (Å²) in [5, 5.41) is 22.5.